The van der Waals surface area contributed by atoms with E-state index in [0.717, 1.165) is 30.4 Å². The lowest BCUT2D eigenvalue weighted by atomic mass is 10.1. The molecule has 1 rings (SSSR count). The fourth-order valence-electron chi connectivity index (χ4n) is 1.79. The summed E-state index contributed by atoms with van der Waals surface area (Å²) in [6.45, 7) is 6.26. The number of rotatable bonds is 7. The summed E-state index contributed by atoms with van der Waals surface area (Å²) in [6, 6.07) is 6.86. The van der Waals surface area contributed by atoms with Crippen LogP contribution in [-0.4, -0.2) is 15.0 Å². The van der Waals surface area contributed by atoms with Gasteiger partial charge in [0.15, 0.2) is 0 Å². The van der Waals surface area contributed by atoms with Gasteiger partial charge in [0.05, 0.1) is 4.90 Å². The normalized spacial score (nSPS) is 10.9. The summed E-state index contributed by atoms with van der Waals surface area (Å²) in [6.07, 6.45) is 4.82. The van der Waals surface area contributed by atoms with Crippen LogP contribution in [0.2, 0.25) is 0 Å². The number of unbranched alkanes of at least 4 members (excludes halogenated alkanes) is 1. The molecule has 1 aromatic rings. The van der Waals surface area contributed by atoms with Gasteiger partial charge in [-0.1, -0.05) is 31.0 Å². The quantitative estimate of drug-likeness (QED) is 0.781. The van der Waals surface area contributed by atoms with Crippen molar-refractivity contribution in [1.82, 2.24) is 4.72 Å². The summed E-state index contributed by atoms with van der Waals surface area (Å²) in [5.41, 5.74) is 5.15. The van der Waals surface area contributed by atoms with E-state index in [2.05, 4.69) is 17.4 Å². The van der Waals surface area contributed by atoms with Gasteiger partial charge in [-0.3, -0.25) is 0 Å². The van der Waals surface area contributed by atoms with Crippen LogP contribution in [0.15, 0.2) is 46.5 Å². The highest BCUT2D eigenvalue weighted by Gasteiger charge is 2.13. The standard InChI is InChI=1S/C16H23NO2S/c1-4-6-8-15(7-5-2)13-17-20(18,19)16-11-9-14(3)10-12-16/h5,9-12,17H,4,6,8,13H2,1-3H3. The van der Waals surface area contributed by atoms with Gasteiger partial charge in [-0.2, -0.15) is 0 Å². The van der Waals surface area contributed by atoms with Crippen molar-refractivity contribution < 1.29 is 8.42 Å². The minimum Gasteiger partial charge on any atom is -0.207 e. The monoisotopic (exact) mass is 293 g/mol. The van der Waals surface area contributed by atoms with Crippen molar-refractivity contribution in [3.05, 3.63) is 47.2 Å². The van der Waals surface area contributed by atoms with Crippen molar-refractivity contribution in [1.29, 1.82) is 0 Å². The summed E-state index contributed by atoms with van der Waals surface area (Å²) >= 11 is 0. The van der Waals surface area contributed by atoms with Crippen LogP contribution < -0.4 is 4.72 Å². The van der Waals surface area contributed by atoms with Crippen LogP contribution in [0.5, 0.6) is 0 Å². The van der Waals surface area contributed by atoms with Gasteiger partial charge in [0.2, 0.25) is 10.0 Å². The fourth-order valence-corrected chi connectivity index (χ4v) is 2.81. The molecule has 0 saturated carbocycles. The molecule has 0 spiro atoms. The largest absolute Gasteiger partial charge is 0.240 e. The Labute approximate surface area is 122 Å². The van der Waals surface area contributed by atoms with Gasteiger partial charge in [-0.15, -0.1) is 5.73 Å². The van der Waals surface area contributed by atoms with Gasteiger partial charge < -0.3 is 0 Å². The number of hydrogen-bond acceptors (Lipinski definition) is 2. The van der Waals surface area contributed by atoms with Crippen LogP contribution in [-0.2, 0) is 10.0 Å². The molecular weight excluding hydrogens is 270 g/mol. The molecule has 0 bridgehead atoms. The molecule has 0 atom stereocenters. The maximum Gasteiger partial charge on any atom is 0.240 e. The average molecular weight is 293 g/mol. The van der Waals surface area contributed by atoms with E-state index in [1.54, 1.807) is 24.3 Å². The Kier molecular flexibility index (Phi) is 6.73. The van der Waals surface area contributed by atoms with Gasteiger partial charge in [0.25, 0.3) is 0 Å². The highest BCUT2D eigenvalue weighted by Crippen LogP contribution is 2.11. The highest BCUT2D eigenvalue weighted by atomic mass is 32.2. The zero-order chi connectivity index (χ0) is 15.0. The third kappa shape index (κ3) is 5.33. The highest BCUT2D eigenvalue weighted by molar-refractivity contribution is 7.89. The first-order valence-corrected chi connectivity index (χ1v) is 8.43. The maximum atomic E-state index is 12.2. The van der Waals surface area contributed by atoms with E-state index >= 15 is 0 Å². The molecule has 110 valence electrons. The van der Waals surface area contributed by atoms with E-state index in [9.17, 15) is 8.42 Å². The molecular formula is C16H23NO2S. The van der Waals surface area contributed by atoms with Crippen LogP contribution >= 0.6 is 0 Å². The molecule has 0 radical (unpaired) electrons. The smallest absolute Gasteiger partial charge is 0.207 e. The molecule has 1 aromatic carbocycles. The van der Waals surface area contributed by atoms with Gasteiger partial charge in [-0.25, -0.2) is 13.1 Å². The number of nitrogens with one attached hydrogen (secondary N) is 1. The lowest BCUT2D eigenvalue weighted by Gasteiger charge is -2.08. The molecule has 0 aromatic heterocycles. The van der Waals surface area contributed by atoms with Crippen molar-refractivity contribution in [2.24, 2.45) is 0 Å². The Morgan fingerprint density at radius 2 is 1.95 bits per heavy atom. The fraction of sp³-hybridized carbons (Fsp3) is 0.438. The minimum atomic E-state index is -3.44. The van der Waals surface area contributed by atoms with Crippen LogP contribution in [0.3, 0.4) is 0 Å². The third-order valence-electron chi connectivity index (χ3n) is 2.99. The molecule has 0 aliphatic rings. The van der Waals surface area contributed by atoms with E-state index in [4.69, 9.17) is 0 Å². The Bertz CT molecular complexity index is 579. The number of hydrogen-bond donors (Lipinski definition) is 1. The van der Waals surface area contributed by atoms with Gasteiger partial charge in [0.1, 0.15) is 0 Å². The zero-order valence-corrected chi connectivity index (χ0v) is 13.3. The van der Waals surface area contributed by atoms with Gasteiger partial charge >= 0.3 is 0 Å². The van der Waals surface area contributed by atoms with Crippen LogP contribution in [0, 0.1) is 6.92 Å². The number of aryl methyl sites for hydroxylation is 1. The van der Waals surface area contributed by atoms with Crippen LogP contribution in [0.1, 0.15) is 38.7 Å². The lowest BCUT2D eigenvalue weighted by Crippen LogP contribution is -2.25. The lowest BCUT2D eigenvalue weighted by molar-refractivity contribution is 0.583. The summed E-state index contributed by atoms with van der Waals surface area (Å²) in [5, 5.41) is 0. The van der Waals surface area contributed by atoms with Crippen LogP contribution in [0.25, 0.3) is 0 Å². The second kappa shape index (κ2) is 8.05. The Morgan fingerprint density at radius 1 is 1.30 bits per heavy atom. The van der Waals surface area contributed by atoms with E-state index in [1.165, 1.54) is 0 Å². The van der Waals surface area contributed by atoms with Gasteiger partial charge in [-0.05, 0) is 50.5 Å². The molecule has 0 aliphatic carbocycles. The summed E-state index contributed by atoms with van der Waals surface area (Å²) in [5.74, 6) is 0. The second-order valence-electron chi connectivity index (χ2n) is 4.78. The molecule has 0 unspecified atom stereocenters. The van der Waals surface area contributed by atoms with Crippen molar-refractivity contribution in [3.8, 4) is 0 Å². The first-order chi connectivity index (χ1) is 9.49. The average Bonchev–Trinajstić information content (AvgIpc) is 2.42. The summed E-state index contributed by atoms with van der Waals surface area (Å²) in [7, 11) is -3.44. The molecule has 0 aliphatic heterocycles. The predicted octanol–water partition coefficient (Wildman–Crippen LogP) is 3.56. The second-order valence-corrected chi connectivity index (χ2v) is 6.54. The van der Waals surface area contributed by atoms with E-state index < -0.39 is 10.0 Å². The molecule has 0 fully saturated rings. The van der Waals surface area contributed by atoms with Crippen molar-refractivity contribution in [2.45, 2.75) is 44.9 Å². The molecule has 0 amide bonds. The molecule has 3 nitrogen and oxygen atoms in total. The zero-order valence-electron chi connectivity index (χ0n) is 12.4. The number of benzene rings is 1. The molecule has 20 heavy (non-hydrogen) atoms. The van der Waals surface area contributed by atoms with E-state index in [1.807, 2.05) is 19.9 Å². The summed E-state index contributed by atoms with van der Waals surface area (Å²) in [4.78, 5) is 0.304. The Morgan fingerprint density at radius 3 is 2.50 bits per heavy atom. The topological polar surface area (TPSA) is 46.2 Å². The van der Waals surface area contributed by atoms with Crippen molar-refractivity contribution in [2.75, 3.05) is 6.54 Å². The molecule has 1 N–H and O–H groups in total. The Balaban J connectivity index is 2.76. The third-order valence-corrected chi connectivity index (χ3v) is 4.40. The molecule has 0 heterocycles. The van der Waals surface area contributed by atoms with E-state index in [-0.39, 0.29) is 0 Å². The molecule has 0 saturated heterocycles. The Hall–Kier alpha value is -1.35. The van der Waals surface area contributed by atoms with E-state index in [0.29, 0.717) is 11.4 Å². The predicted molar refractivity (Wildman–Crippen MR) is 83.2 cm³/mol. The maximum absolute atomic E-state index is 12.2. The first kappa shape index (κ1) is 16.7. The van der Waals surface area contributed by atoms with Gasteiger partial charge in [0, 0.05) is 6.54 Å². The van der Waals surface area contributed by atoms with Crippen molar-refractivity contribution in [3.63, 3.8) is 0 Å². The van der Waals surface area contributed by atoms with Crippen LogP contribution in [0.4, 0.5) is 0 Å². The summed E-state index contributed by atoms with van der Waals surface area (Å²) < 4.78 is 27.0. The number of sulfonamides is 1. The first-order valence-electron chi connectivity index (χ1n) is 6.95. The SMILES string of the molecule is CC=C=C(CCCC)CNS(=O)(=O)c1ccc(C)cc1. The molecule has 4 heteroatoms. The van der Waals surface area contributed by atoms with Crippen molar-refractivity contribution >= 4 is 10.0 Å². The minimum absolute atomic E-state index is 0.304.